The molecular weight excluding hydrogens is 566 g/mol. The molecule has 0 aliphatic heterocycles. The van der Waals surface area contributed by atoms with Gasteiger partial charge in [0.2, 0.25) is 0 Å². The van der Waals surface area contributed by atoms with Crippen LogP contribution < -0.4 is 17.2 Å². The van der Waals surface area contributed by atoms with Gasteiger partial charge in [0, 0.05) is 47.0 Å². The molecule has 0 spiro atoms. The first-order valence-electron chi connectivity index (χ1n) is 10.8. The van der Waals surface area contributed by atoms with Gasteiger partial charge in [0.1, 0.15) is 0 Å². The van der Waals surface area contributed by atoms with Gasteiger partial charge in [-0.25, -0.2) is 0 Å². The first-order valence-corrected chi connectivity index (χ1v) is 10.8. The third-order valence-corrected chi connectivity index (χ3v) is 2.51. The standard InChI is InChI=1S/C10H16N2O8.C2H8N2.C2H5NO2.3C2H4O2/c13-7(14)3-11(4-8(15)16)1-2-12(5-9(17)18)6-10(19)20;3-1-2-4;3-1-2(4)5;3*1-2(3)4/h1-6H2,(H,13,14)(H,15,16)(H,17,18)(H,19,20);1-4H2;1,3H2,(H,4,5);3*1H3,(H,3,4). The molecule has 0 heterocycles. The van der Waals surface area contributed by atoms with E-state index in [1.165, 1.54) is 0 Å². The minimum Gasteiger partial charge on any atom is -0.481 e. The number of nitrogens with two attached hydrogens (primary N) is 3. The van der Waals surface area contributed by atoms with Crippen LogP contribution in [0.25, 0.3) is 0 Å². The zero-order chi connectivity index (χ0) is 34.1. The number of hydrogen-bond acceptors (Lipinski definition) is 13. The molecule has 0 amide bonds. The van der Waals surface area contributed by atoms with E-state index in [4.69, 9.17) is 66.7 Å². The van der Waals surface area contributed by atoms with Crippen LogP contribution in [-0.4, -0.2) is 157 Å². The summed E-state index contributed by atoms with van der Waals surface area (Å²) in [5.74, 6) is -8.38. The predicted molar refractivity (Wildman–Crippen MR) is 138 cm³/mol. The Morgan fingerprint density at radius 3 is 0.659 bits per heavy atom. The average molecular weight is 608 g/mol. The minimum atomic E-state index is -1.23. The molecule has 0 aromatic rings. The Bertz CT molecular complexity index is 668. The van der Waals surface area contributed by atoms with Gasteiger partial charge in [-0.15, -0.1) is 0 Å². The Hall–Kier alpha value is -4.44. The van der Waals surface area contributed by atoms with Crippen LogP contribution in [0.15, 0.2) is 0 Å². The lowest BCUT2D eigenvalue weighted by Crippen LogP contribution is -2.43. The lowest BCUT2D eigenvalue weighted by Gasteiger charge is -2.23. The smallest absolute Gasteiger partial charge is 0.317 e. The largest absolute Gasteiger partial charge is 0.481 e. The number of aliphatic carboxylic acids is 8. The van der Waals surface area contributed by atoms with Crippen LogP contribution in [0.3, 0.4) is 0 Å². The highest BCUT2D eigenvalue weighted by Crippen LogP contribution is 1.94. The Morgan fingerprint density at radius 2 is 0.585 bits per heavy atom. The molecule has 0 saturated carbocycles. The summed E-state index contributed by atoms with van der Waals surface area (Å²) in [5, 5.41) is 64.3. The molecule has 14 N–H and O–H groups in total. The summed E-state index contributed by atoms with van der Waals surface area (Å²) in [6.45, 7) is 1.92. The fourth-order valence-electron chi connectivity index (χ4n) is 1.48. The summed E-state index contributed by atoms with van der Waals surface area (Å²) in [5.41, 5.74) is 14.4. The van der Waals surface area contributed by atoms with Gasteiger partial charge < -0.3 is 58.1 Å². The van der Waals surface area contributed by atoms with Gasteiger partial charge in [-0.1, -0.05) is 0 Å². The lowest BCUT2D eigenvalue weighted by atomic mass is 10.4. The SMILES string of the molecule is CC(=O)O.CC(=O)O.CC(=O)O.NCC(=O)O.NCCN.O=C(O)CN(CCN(CC(=O)O)CC(=O)O)CC(=O)O. The van der Waals surface area contributed by atoms with E-state index in [1.54, 1.807) is 0 Å². The zero-order valence-electron chi connectivity index (χ0n) is 22.8. The minimum absolute atomic E-state index is 0.0703. The van der Waals surface area contributed by atoms with E-state index in [0.717, 1.165) is 30.6 Å². The predicted octanol–water partition coefficient (Wildman–Crippen LogP) is -3.87. The first kappa shape index (κ1) is 49.5. The van der Waals surface area contributed by atoms with Crippen molar-refractivity contribution in [1.82, 2.24) is 9.80 Å². The van der Waals surface area contributed by atoms with Crippen molar-refractivity contribution >= 4 is 47.8 Å². The van der Waals surface area contributed by atoms with Gasteiger partial charge in [0.25, 0.3) is 17.9 Å². The number of carbonyl (C=O) groups is 8. The highest BCUT2D eigenvalue weighted by atomic mass is 16.4. The fourth-order valence-corrected chi connectivity index (χ4v) is 1.48. The topological polar surface area (TPSA) is 383 Å². The highest BCUT2D eigenvalue weighted by molar-refractivity contribution is 5.73. The maximum atomic E-state index is 10.6. The molecule has 0 bridgehead atoms. The molecule has 21 nitrogen and oxygen atoms in total. The van der Waals surface area contributed by atoms with E-state index in [1.807, 2.05) is 0 Å². The summed E-state index contributed by atoms with van der Waals surface area (Å²) in [7, 11) is 0. The summed E-state index contributed by atoms with van der Waals surface area (Å²) in [6, 6.07) is 0. The molecule has 0 aromatic carbocycles. The summed E-state index contributed by atoms with van der Waals surface area (Å²) < 4.78 is 0. The van der Waals surface area contributed by atoms with E-state index >= 15 is 0 Å². The molecule has 0 aromatic heterocycles. The third kappa shape index (κ3) is 105. The number of carboxylic acids is 8. The molecule has 0 unspecified atom stereocenters. The van der Waals surface area contributed by atoms with E-state index in [0.29, 0.717) is 13.1 Å². The highest BCUT2D eigenvalue weighted by Gasteiger charge is 2.18. The average Bonchev–Trinajstić information content (AvgIpc) is 2.75. The van der Waals surface area contributed by atoms with Crippen molar-refractivity contribution in [3.8, 4) is 0 Å². The summed E-state index contributed by atoms with van der Waals surface area (Å²) in [6.07, 6.45) is 0. The summed E-state index contributed by atoms with van der Waals surface area (Å²) in [4.78, 5) is 80.6. The van der Waals surface area contributed by atoms with Crippen molar-refractivity contribution in [2.24, 2.45) is 17.2 Å². The molecule has 41 heavy (non-hydrogen) atoms. The number of rotatable bonds is 13. The van der Waals surface area contributed by atoms with Crippen LogP contribution in [0.5, 0.6) is 0 Å². The molecule has 21 heteroatoms. The van der Waals surface area contributed by atoms with Gasteiger partial charge in [-0.2, -0.15) is 0 Å². The van der Waals surface area contributed by atoms with E-state index in [-0.39, 0.29) is 19.6 Å². The molecule has 0 fully saturated rings. The molecule has 0 atom stereocenters. The second-order valence-electron chi connectivity index (χ2n) is 6.73. The maximum absolute atomic E-state index is 10.6. The molecule has 0 saturated heterocycles. The number of hydrogen-bond donors (Lipinski definition) is 11. The van der Waals surface area contributed by atoms with E-state index in [9.17, 15) is 24.0 Å². The fraction of sp³-hybridized carbons (Fsp3) is 0.600. The van der Waals surface area contributed by atoms with Gasteiger partial charge in [-0.3, -0.25) is 48.2 Å². The molecule has 0 rings (SSSR count). The van der Waals surface area contributed by atoms with Gasteiger partial charge >= 0.3 is 29.8 Å². The van der Waals surface area contributed by atoms with Crippen molar-refractivity contribution in [3.63, 3.8) is 0 Å². The van der Waals surface area contributed by atoms with Crippen molar-refractivity contribution < 1.29 is 79.2 Å². The van der Waals surface area contributed by atoms with E-state index < -0.39 is 73.9 Å². The Labute approximate surface area is 234 Å². The summed E-state index contributed by atoms with van der Waals surface area (Å²) >= 11 is 0. The van der Waals surface area contributed by atoms with Crippen LogP contribution in [0.1, 0.15) is 20.8 Å². The van der Waals surface area contributed by atoms with Crippen molar-refractivity contribution in [1.29, 1.82) is 0 Å². The van der Waals surface area contributed by atoms with Crippen molar-refractivity contribution in [2.75, 3.05) is 58.9 Å². The second kappa shape index (κ2) is 35.6. The third-order valence-electron chi connectivity index (χ3n) is 2.51. The number of carboxylic acid groups (broad SMARTS) is 8. The maximum Gasteiger partial charge on any atom is 0.317 e. The van der Waals surface area contributed by atoms with Crippen LogP contribution in [0.2, 0.25) is 0 Å². The lowest BCUT2D eigenvalue weighted by molar-refractivity contribution is -0.145. The van der Waals surface area contributed by atoms with Gasteiger partial charge in [-0.05, 0) is 0 Å². The quantitative estimate of drug-likeness (QED) is 0.0953. The zero-order valence-corrected chi connectivity index (χ0v) is 22.8. The normalized spacial score (nSPS) is 8.68. The van der Waals surface area contributed by atoms with Crippen LogP contribution >= 0.6 is 0 Å². The molecule has 0 aliphatic rings. The molecule has 0 radical (unpaired) electrons. The van der Waals surface area contributed by atoms with Crippen molar-refractivity contribution in [2.45, 2.75) is 20.8 Å². The Balaban J connectivity index is -0.000000117. The van der Waals surface area contributed by atoms with Crippen LogP contribution in [0, 0.1) is 0 Å². The molecular formula is C20H41N5O16. The first-order chi connectivity index (χ1) is 18.6. The molecule has 0 aliphatic carbocycles. The van der Waals surface area contributed by atoms with Gasteiger partial charge in [0.05, 0.1) is 32.7 Å². The number of nitrogens with zero attached hydrogens (tertiary/aromatic N) is 2. The Kier molecular flexibility index (Phi) is 42.9. The van der Waals surface area contributed by atoms with Crippen LogP contribution in [-0.2, 0) is 38.4 Å². The van der Waals surface area contributed by atoms with Crippen molar-refractivity contribution in [3.05, 3.63) is 0 Å². The Morgan fingerprint density at radius 1 is 0.439 bits per heavy atom. The van der Waals surface area contributed by atoms with E-state index in [2.05, 4.69) is 5.73 Å². The van der Waals surface area contributed by atoms with Crippen LogP contribution in [0.4, 0.5) is 0 Å². The van der Waals surface area contributed by atoms with Gasteiger partial charge in [0.15, 0.2) is 0 Å². The molecule has 242 valence electrons. The monoisotopic (exact) mass is 607 g/mol. The second-order valence-corrected chi connectivity index (χ2v) is 6.73.